The Morgan fingerprint density at radius 3 is 2.08 bits per heavy atom. The van der Waals surface area contributed by atoms with Gasteiger partial charge in [-0.25, -0.2) is 8.42 Å². The first-order chi connectivity index (χ1) is 18.9. The van der Waals surface area contributed by atoms with Crippen LogP contribution in [0.1, 0.15) is 0 Å². The molecule has 212 valence electrons. The van der Waals surface area contributed by atoms with Crippen molar-refractivity contribution in [2.24, 2.45) is 0 Å². The summed E-state index contributed by atoms with van der Waals surface area (Å²) in [6, 6.07) is 5.42. The van der Waals surface area contributed by atoms with Crippen molar-refractivity contribution < 1.29 is 22.8 Å². The number of nitro groups is 1. The molecule has 3 aliphatic heterocycles. The third-order valence-electron chi connectivity index (χ3n) is 6.92. The van der Waals surface area contributed by atoms with Gasteiger partial charge in [-0.3, -0.25) is 15.0 Å². The van der Waals surface area contributed by atoms with E-state index in [0.29, 0.717) is 63.8 Å². The molecule has 15 nitrogen and oxygen atoms in total. The van der Waals surface area contributed by atoms with E-state index < -0.39 is 20.6 Å². The van der Waals surface area contributed by atoms with E-state index in [1.54, 1.807) is 0 Å². The van der Waals surface area contributed by atoms with Crippen molar-refractivity contribution in [2.45, 2.75) is 4.90 Å². The molecular weight excluding hydrogens is 530 g/mol. The summed E-state index contributed by atoms with van der Waals surface area (Å²) in [6.45, 7) is 8.20. The number of piperazine rings is 1. The van der Waals surface area contributed by atoms with Gasteiger partial charge in [0, 0.05) is 71.5 Å². The minimum absolute atomic E-state index is 0.146. The van der Waals surface area contributed by atoms with Gasteiger partial charge in [0.25, 0.3) is 5.69 Å². The molecule has 0 spiro atoms. The van der Waals surface area contributed by atoms with Crippen molar-refractivity contribution >= 4 is 33.6 Å². The van der Waals surface area contributed by atoms with Gasteiger partial charge in [-0.15, -0.1) is 0 Å². The fourth-order valence-electron chi connectivity index (χ4n) is 4.72. The third-order valence-corrected chi connectivity index (χ3v) is 8.87. The summed E-state index contributed by atoms with van der Waals surface area (Å²) in [6.07, 6.45) is 0. The topological polar surface area (TPSA) is 159 Å². The number of nitro benzene ring substituents is 1. The molecule has 3 aliphatic rings. The normalized spacial score (nSPS) is 19.7. The standard InChI is InChI=1S/C23H33N9O6S/c33-32(34)19-3-1-2-4-20(19)39(35,36)31-9-7-29(8-10-31)22-25-21(24-5-6-28-11-15-37-16-12-28)26-23(27-22)30-13-17-38-18-14-30/h1-4H,5-18H2,(H,24,25,26,27). The zero-order valence-corrected chi connectivity index (χ0v) is 22.5. The average Bonchev–Trinajstić information content (AvgIpc) is 2.98. The van der Waals surface area contributed by atoms with Crippen molar-refractivity contribution in [3.63, 3.8) is 0 Å². The molecule has 0 amide bonds. The second-order valence-corrected chi connectivity index (χ2v) is 11.3. The molecule has 2 aromatic rings. The number of hydrogen-bond acceptors (Lipinski definition) is 13. The Kier molecular flexibility index (Phi) is 8.66. The number of nitrogens with zero attached hydrogens (tertiary/aromatic N) is 8. The first-order valence-corrected chi connectivity index (χ1v) is 14.5. The molecule has 3 saturated heterocycles. The summed E-state index contributed by atoms with van der Waals surface area (Å²) in [5.41, 5.74) is -0.430. The molecule has 1 N–H and O–H groups in total. The first-order valence-electron chi connectivity index (χ1n) is 13.0. The number of ether oxygens (including phenoxy) is 2. The lowest BCUT2D eigenvalue weighted by atomic mass is 10.3. The number of rotatable bonds is 9. The van der Waals surface area contributed by atoms with Gasteiger partial charge in [-0.2, -0.15) is 19.3 Å². The van der Waals surface area contributed by atoms with E-state index in [4.69, 9.17) is 14.5 Å². The lowest BCUT2D eigenvalue weighted by molar-refractivity contribution is -0.387. The highest BCUT2D eigenvalue weighted by Gasteiger charge is 2.34. The Morgan fingerprint density at radius 1 is 0.846 bits per heavy atom. The fraction of sp³-hybridized carbons (Fsp3) is 0.609. The predicted octanol–water partition coefficient (Wildman–Crippen LogP) is -0.129. The SMILES string of the molecule is O=[N+]([O-])c1ccccc1S(=O)(=O)N1CCN(c2nc(NCCN3CCOCC3)nc(N3CCOCC3)n2)CC1. The van der Waals surface area contributed by atoms with Gasteiger partial charge >= 0.3 is 0 Å². The highest BCUT2D eigenvalue weighted by atomic mass is 32.2. The van der Waals surface area contributed by atoms with Crippen LogP contribution in [0.5, 0.6) is 0 Å². The van der Waals surface area contributed by atoms with Crippen LogP contribution in [0.2, 0.25) is 0 Å². The molecule has 0 atom stereocenters. The largest absolute Gasteiger partial charge is 0.379 e. The highest BCUT2D eigenvalue weighted by molar-refractivity contribution is 7.89. The van der Waals surface area contributed by atoms with Crippen LogP contribution in [0, 0.1) is 10.1 Å². The Balaban J connectivity index is 1.29. The van der Waals surface area contributed by atoms with Crippen LogP contribution < -0.4 is 15.1 Å². The molecule has 0 unspecified atom stereocenters. The Hall–Kier alpha value is -3.18. The number of anilines is 3. The van der Waals surface area contributed by atoms with Crippen LogP contribution in [-0.4, -0.2) is 129 Å². The number of benzene rings is 1. The molecule has 1 aromatic heterocycles. The number of hydrogen-bond donors (Lipinski definition) is 1. The summed E-state index contributed by atoms with van der Waals surface area (Å²) < 4.78 is 38.6. The molecule has 16 heteroatoms. The molecular formula is C23H33N9O6S. The first kappa shape index (κ1) is 27.4. The van der Waals surface area contributed by atoms with E-state index in [1.165, 1.54) is 28.6 Å². The number of morpholine rings is 2. The molecule has 39 heavy (non-hydrogen) atoms. The maximum Gasteiger partial charge on any atom is 0.289 e. The molecule has 4 heterocycles. The van der Waals surface area contributed by atoms with Gasteiger partial charge in [-0.05, 0) is 6.07 Å². The summed E-state index contributed by atoms with van der Waals surface area (Å²) in [7, 11) is -4.04. The van der Waals surface area contributed by atoms with Crippen molar-refractivity contribution in [1.29, 1.82) is 0 Å². The molecule has 5 rings (SSSR count). The maximum absolute atomic E-state index is 13.2. The summed E-state index contributed by atoms with van der Waals surface area (Å²) >= 11 is 0. The van der Waals surface area contributed by atoms with E-state index in [-0.39, 0.29) is 18.0 Å². The van der Waals surface area contributed by atoms with Gasteiger partial charge in [0.05, 0.1) is 31.4 Å². The molecule has 0 saturated carbocycles. The zero-order chi connectivity index (χ0) is 27.2. The van der Waals surface area contributed by atoms with E-state index in [0.717, 1.165) is 32.8 Å². The quantitative estimate of drug-likeness (QED) is 0.318. The van der Waals surface area contributed by atoms with Crippen molar-refractivity contribution in [2.75, 3.05) is 107 Å². The van der Waals surface area contributed by atoms with E-state index in [9.17, 15) is 18.5 Å². The zero-order valence-electron chi connectivity index (χ0n) is 21.6. The average molecular weight is 564 g/mol. The van der Waals surface area contributed by atoms with E-state index in [2.05, 4.69) is 25.1 Å². The van der Waals surface area contributed by atoms with Gasteiger partial charge < -0.3 is 24.6 Å². The number of para-hydroxylation sites is 1. The molecule has 0 radical (unpaired) electrons. The lowest BCUT2D eigenvalue weighted by Gasteiger charge is -2.34. The van der Waals surface area contributed by atoms with E-state index >= 15 is 0 Å². The smallest absolute Gasteiger partial charge is 0.289 e. The molecule has 3 fully saturated rings. The maximum atomic E-state index is 13.2. The number of aromatic nitrogens is 3. The number of nitrogens with one attached hydrogen (secondary N) is 1. The van der Waals surface area contributed by atoms with Crippen molar-refractivity contribution in [3.8, 4) is 0 Å². The second-order valence-electron chi connectivity index (χ2n) is 9.36. The Labute approximate surface area is 226 Å². The highest BCUT2D eigenvalue weighted by Crippen LogP contribution is 2.28. The monoisotopic (exact) mass is 563 g/mol. The minimum Gasteiger partial charge on any atom is -0.379 e. The van der Waals surface area contributed by atoms with Crippen LogP contribution in [0.15, 0.2) is 29.2 Å². The van der Waals surface area contributed by atoms with Crippen molar-refractivity contribution in [1.82, 2.24) is 24.2 Å². The number of sulfonamides is 1. The van der Waals surface area contributed by atoms with Crippen molar-refractivity contribution in [3.05, 3.63) is 34.4 Å². The minimum atomic E-state index is -4.04. The summed E-state index contributed by atoms with van der Waals surface area (Å²) in [5, 5.41) is 14.7. The van der Waals surface area contributed by atoms with Gasteiger partial charge in [-0.1, -0.05) is 12.1 Å². The molecule has 0 aliphatic carbocycles. The van der Waals surface area contributed by atoms with Gasteiger partial charge in [0.15, 0.2) is 4.90 Å². The van der Waals surface area contributed by atoms with E-state index in [1.807, 2.05) is 4.90 Å². The van der Waals surface area contributed by atoms with Crippen LogP contribution >= 0.6 is 0 Å². The van der Waals surface area contributed by atoms with Crippen LogP contribution in [0.25, 0.3) is 0 Å². The molecule has 1 aromatic carbocycles. The van der Waals surface area contributed by atoms with Gasteiger partial charge in [0.2, 0.25) is 27.9 Å². The lowest BCUT2D eigenvalue weighted by Crippen LogP contribution is -2.49. The Bertz CT molecular complexity index is 1250. The predicted molar refractivity (Wildman–Crippen MR) is 143 cm³/mol. The third kappa shape index (κ3) is 6.52. The molecule has 0 bridgehead atoms. The van der Waals surface area contributed by atoms with Crippen LogP contribution in [0.4, 0.5) is 23.5 Å². The van der Waals surface area contributed by atoms with Crippen LogP contribution in [-0.2, 0) is 19.5 Å². The van der Waals surface area contributed by atoms with Crippen LogP contribution in [0.3, 0.4) is 0 Å². The second kappa shape index (κ2) is 12.3. The summed E-state index contributed by atoms with van der Waals surface area (Å²) in [4.78, 5) is 30.7. The summed E-state index contributed by atoms with van der Waals surface area (Å²) in [5.74, 6) is 1.47. The Morgan fingerprint density at radius 2 is 1.44 bits per heavy atom. The fourth-order valence-corrected chi connectivity index (χ4v) is 6.30. The van der Waals surface area contributed by atoms with Gasteiger partial charge in [0.1, 0.15) is 0 Å².